The van der Waals surface area contributed by atoms with E-state index in [4.69, 9.17) is 0 Å². The molecule has 0 spiro atoms. The summed E-state index contributed by atoms with van der Waals surface area (Å²) in [6.45, 7) is 8.45. The Morgan fingerprint density at radius 1 is 1.39 bits per heavy atom. The summed E-state index contributed by atoms with van der Waals surface area (Å²) in [6, 6.07) is -0.285. The fourth-order valence-electron chi connectivity index (χ4n) is 2.83. The molecule has 1 aliphatic carbocycles. The van der Waals surface area contributed by atoms with Crippen LogP contribution in [0.5, 0.6) is 0 Å². The number of rotatable bonds is 4. The molecule has 2 unspecified atom stereocenters. The van der Waals surface area contributed by atoms with Crippen LogP contribution in [0.4, 0.5) is 0 Å². The number of piperazine rings is 1. The minimum Gasteiger partial charge on any atom is -0.340 e. The van der Waals surface area contributed by atoms with Gasteiger partial charge >= 0.3 is 0 Å². The van der Waals surface area contributed by atoms with Crippen LogP contribution in [0.2, 0.25) is 0 Å². The maximum Gasteiger partial charge on any atom is 0.248 e. The van der Waals surface area contributed by atoms with Crippen molar-refractivity contribution < 1.29 is 9.59 Å². The van der Waals surface area contributed by atoms with Crippen LogP contribution in [-0.4, -0.2) is 34.8 Å². The van der Waals surface area contributed by atoms with Gasteiger partial charge < -0.3 is 10.2 Å². The Kier molecular flexibility index (Phi) is 3.39. The molecule has 2 fully saturated rings. The number of carbonyl (C=O) groups excluding carboxylic acids is 2. The average Bonchev–Trinajstić information content (AvgIpc) is 3.08. The Bertz CT molecular complexity index is 361. The molecular formula is C14H24N2O2. The molecule has 18 heavy (non-hydrogen) atoms. The topological polar surface area (TPSA) is 49.4 Å². The van der Waals surface area contributed by atoms with Crippen molar-refractivity contribution in [3.8, 4) is 0 Å². The standard InChI is InChI=1S/C14H24N2O2/c1-5-11-12(17)15-14(3,4)13(18)16(11)8-9(2)10-6-7-10/h9-11H,5-8H2,1-4H3,(H,15,17). The second kappa shape index (κ2) is 4.56. The van der Waals surface area contributed by atoms with Gasteiger partial charge in [-0.2, -0.15) is 0 Å². The fourth-order valence-corrected chi connectivity index (χ4v) is 2.83. The highest BCUT2D eigenvalue weighted by Crippen LogP contribution is 2.37. The molecule has 0 aromatic rings. The molecule has 1 saturated carbocycles. The number of amides is 2. The zero-order valence-electron chi connectivity index (χ0n) is 11.8. The minimum absolute atomic E-state index is 0.00917. The van der Waals surface area contributed by atoms with Crippen molar-refractivity contribution in [3.05, 3.63) is 0 Å². The van der Waals surface area contributed by atoms with Crippen LogP contribution in [0.3, 0.4) is 0 Å². The molecule has 1 saturated heterocycles. The third-order valence-electron chi connectivity index (χ3n) is 4.21. The summed E-state index contributed by atoms with van der Waals surface area (Å²) in [5, 5.41) is 2.82. The molecule has 1 N–H and O–H groups in total. The molecule has 0 aromatic heterocycles. The van der Waals surface area contributed by atoms with Gasteiger partial charge in [0.2, 0.25) is 11.8 Å². The largest absolute Gasteiger partial charge is 0.340 e. The Morgan fingerprint density at radius 2 is 2.00 bits per heavy atom. The van der Waals surface area contributed by atoms with E-state index in [1.165, 1.54) is 12.8 Å². The highest BCUT2D eigenvalue weighted by atomic mass is 16.2. The molecule has 2 atom stereocenters. The van der Waals surface area contributed by atoms with Gasteiger partial charge in [0.05, 0.1) is 0 Å². The van der Waals surface area contributed by atoms with Gasteiger partial charge in [0.15, 0.2) is 0 Å². The predicted molar refractivity (Wildman–Crippen MR) is 69.9 cm³/mol. The van der Waals surface area contributed by atoms with Crippen LogP contribution in [-0.2, 0) is 9.59 Å². The summed E-state index contributed by atoms with van der Waals surface area (Å²) in [5.41, 5.74) is -0.758. The summed E-state index contributed by atoms with van der Waals surface area (Å²) in [6.07, 6.45) is 3.23. The Hall–Kier alpha value is -1.06. The molecule has 0 aromatic carbocycles. The zero-order valence-corrected chi connectivity index (χ0v) is 11.8. The number of hydrogen-bond acceptors (Lipinski definition) is 2. The second-order valence-corrected chi connectivity index (χ2v) is 6.31. The van der Waals surface area contributed by atoms with Crippen molar-refractivity contribution in [3.63, 3.8) is 0 Å². The van der Waals surface area contributed by atoms with Gasteiger partial charge in [-0.05, 0) is 44.9 Å². The normalized spacial score (nSPS) is 29.1. The average molecular weight is 252 g/mol. The van der Waals surface area contributed by atoms with Crippen LogP contribution >= 0.6 is 0 Å². The lowest BCUT2D eigenvalue weighted by Crippen LogP contribution is -2.68. The summed E-state index contributed by atoms with van der Waals surface area (Å²) in [7, 11) is 0. The van der Waals surface area contributed by atoms with E-state index in [0.717, 1.165) is 12.5 Å². The Morgan fingerprint density at radius 3 is 2.50 bits per heavy atom. The molecule has 2 aliphatic rings. The van der Waals surface area contributed by atoms with Crippen molar-refractivity contribution in [2.75, 3.05) is 6.54 Å². The molecule has 0 bridgehead atoms. The zero-order chi connectivity index (χ0) is 13.5. The lowest BCUT2D eigenvalue weighted by atomic mass is 9.93. The highest BCUT2D eigenvalue weighted by Gasteiger charge is 2.45. The number of nitrogens with one attached hydrogen (secondary N) is 1. The molecule has 4 nitrogen and oxygen atoms in total. The van der Waals surface area contributed by atoms with E-state index in [-0.39, 0.29) is 17.9 Å². The van der Waals surface area contributed by atoms with Gasteiger partial charge in [0.25, 0.3) is 0 Å². The Balaban J connectivity index is 2.15. The van der Waals surface area contributed by atoms with E-state index >= 15 is 0 Å². The van der Waals surface area contributed by atoms with E-state index in [1.807, 2.05) is 11.8 Å². The van der Waals surface area contributed by atoms with E-state index in [2.05, 4.69) is 12.2 Å². The van der Waals surface area contributed by atoms with E-state index in [9.17, 15) is 9.59 Å². The van der Waals surface area contributed by atoms with Crippen molar-refractivity contribution in [2.45, 2.75) is 58.5 Å². The minimum atomic E-state index is -0.758. The number of hydrogen-bond donors (Lipinski definition) is 1. The number of nitrogens with zero attached hydrogens (tertiary/aromatic N) is 1. The summed E-state index contributed by atoms with van der Waals surface area (Å²) < 4.78 is 0. The lowest BCUT2D eigenvalue weighted by molar-refractivity contribution is -0.154. The smallest absolute Gasteiger partial charge is 0.248 e. The van der Waals surface area contributed by atoms with E-state index < -0.39 is 5.54 Å². The monoisotopic (exact) mass is 252 g/mol. The predicted octanol–water partition coefficient (Wildman–Crippen LogP) is 1.55. The van der Waals surface area contributed by atoms with Gasteiger partial charge in [-0.1, -0.05) is 13.8 Å². The van der Waals surface area contributed by atoms with Crippen molar-refractivity contribution in [1.82, 2.24) is 10.2 Å². The number of carbonyl (C=O) groups is 2. The van der Waals surface area contributed by atoms with Crippen LogP contribution in [0.1, 0.15) is 47.0 Å². The van der Waals surface area contributed by atoms with Crippen LogP contribution in [0.15, 0.2) is 0 Å². The lowest BCUT2D eigenvalue weighted by Gasteiger charge is -2.43. The Labute approximate surface area is 109 Å². The second-order valence-electron chi connectivity index (χ2n) is 6.31. The molecule has 4 heteroatoms. The van der Waals surface area contributed by atoms with Crippen molar-refractivity contribution in [2.24, 2.45) is 11.8 Å². The van der Waals surface area contributed by atoms with Crippen molar-refractivity contribution in [1.29, 1.82) is 0 Å². The van der Waals surface area contributed by atoms with E-state index in [1.54, 1.807) is 13.8 Å². The first-order valence-electron chi connectivity index (χ1n) is 7.00. The van der Waals surface area contributed by atoms with Crippen LogP contribution in [0, 0.1) is 11.8 Å². The van der Waals surface area contributed by atoms with Gasteiger partial charge in [-0.25, -0.2) is 0 Å². The fraction of sp³-hybridized carbons (Fsp3) is 0.857. The summed E-state index contributed by atoms with van der Waals surface area (Å²) in [5.74, 6) is 1.31. The van der Waals surface area contributed by atoms with Gasteiger partial charge in [0, 0.05) is 6.54 Å². The highest BCUT2D eigenvalue weighted by molar-refractivity contribution is 5.99. The third-order valence-corrected chi connectivity index (χ3v) is 4.21. The molecular weight excluding hydrogens is 228 g/mol. The maximum absolute atomic E-state index is 12.5. The van der Waals surface area contributed by atoms with Crippen LogP contribution < -0.4 is 5.32 Å². The molecule has 1 heterocycles. The van der Waals surface area contributed by atoms with Crippen LogP contribution in [0.25, 0.3) is 0 Å². The first kappa shape index (κ1) is 13.4. The third kappa shape index (κ3) is 2.38. The molecule has 2 amide bonds. The van der Waals surface area contributed by atoms with Gasteiger partial charge in [-0.3, -0.25) is 9.59 Å². The molecule has 2 rings (SSSR count). The quantitative estimate of drug-likeness (QED) is 0.825. The summed E-state index contributed by atoms with van der Waals surface area (Å²) >= 11 is 0. The van der Waals surface area contributed by atoms with Crippen molar-refractivity contribution >= 4 is 11.8 Å². The van der Waals surface area contributed by atoms with Gasteiger partial charge in [-0.15, -0.1) is 0 Å². The first-order valence-corrected chi connectivity index (χ1v) is 7.00. The van der Waals surface area contributed by atoms with E-state index in [0.29, 0.717) is 12.3 Å². The molecule has 0 radical (unpaired) electrons. The first-order chi connectivity index (χ1) is 8.36. The maximum atomic E-state index is 12.5. The SMILES string of the molecule is CCC1C(=O)NC(C)(C)C(=O)N1CC(C)C1CC1. The molecule has 1 aliphatic heterocycles. The summed E-state index contributed by atoms with van der Waals surface area (Å²) in [4.78, 5) is 26.3. The molecule has 102 valence electrons. The van der Waals surface area contributed by atoms with Gasteiger partial charge in [0.1, 0.15) is 11.6 Å².